The van der Waals surface area contributed by atoms with Crippen LogP contribution in [0.3, 0.4) is 0 Å². The fourth-order valence-electron chi connectivity index (χ4n) is 7.67. The van der Waals surface area contributed by atoms with Gasteiger partial charge in [-0.15, -0.1) is 0 Å². The molecule has 0 saturated heterocycles. The molecule has 360 valence electrons. The molecule has 15 nitrogen and oxygen atoms in total. The molecule has 1 saturated carbocycles. The number of primary amides is 1. The van der Waals surface area contributed by atoms with Crippen LogP contribution in [0.1, 0.15) is 87.0 Å². The number of carbonyl (C=O) groups excluding carboxylic acids is 7. The van der Waals surface area contributed by atoms with Crippen LogP contribution in [0, 0.1) is 6.92 Å². The summed E-state index contributed by atoms with van der Waals surface area (Å²) in [5.74, 6) is -3.01. The van der Waals surface area contributed by atoms with Gasteiger partial charge in [-0.3, -0.25) is 28.8 Å². The number of carbonyl (C=O) groups is 7. The lowest BCUT2D eigenvalue weighted by molar-refractivity contribution is -0.152. The zero-order valence-electron chi connectivity index (χ0n) is 38.3. The van der Waals surface area contributed by atoms with Crippen molar-refractivity contribution in [1.29, 1.82) is 0 Å². The van der Waals surface area contributed by atoms with E-state index in [0.717, 1.165) is 63.2 Å². The van der Waals surface area contributed by atoms with Gasteiger partial charge in [0.15, 0.2) is 0 Å². The molecule has 1 aromatic heterocycles. The largest absolute Gasteiger partial charge is 0.462 e. The molecule has 0 radical (unpaired) electrons. The maximum absolute atomic E-state index is 14.8. The Morgan fingerprint density at radius 2 is 1.51 bits per heavy atom. The summed E-state index contributed by atoms with van der Waals surface area (Å²) < 4.78 is 10.4. The Bertz CT molecular complexity index is 2290. The SMILES string of the molecule is COC(=O)SSCCCCC(=O)N[C@](C)(Cc1c[nH]c2ccccc12)C(=O)N[C@@H](CSCc1ccc(C)cc1)C(=O)N[C@@H](CC(=O)OC1CCCCC1)C(=O)N[C@@H](Cc1ccccc1)C(N)=O. The molecule has 1 fully saturated rings. The number of fused-ring (bicyclic) bond motifs is 1. The van der Waals surface area contributed by atoms with Crippen LogP contribution < -0.4 is 27.0 Å². The number of aromatic nitrogens is 1. The number of benzene rings is 3. The number of unbranched alkanes of at least 4 members (excludes halogenated alkanes) is 1. The molecule has 3 aromatic carbocycles. The van der Waals surface area contributed by atoms with Gasteiger partial charge in [-0.25, -0.2) is 4.79 Å². The molecule has 7 N–H and O–H groups in total. The predicted octanol–water partition coefficient (Wildman–Crippen LogP) is 6.59. The average Bonchev–Trinajstić information content (AvgIpc) is 3.72. The zero-order chi connectivity index (χ0) is 48.2. The molecule has 5 rings (SSSR count). The second-order valence-corrected chi connectivity index (χ2v) is 20.3. The number of thioether (sulfide) groups is 1. The summed E-state index contributed by atoms with van der Waals surface area (Å²) in [6.07, 6.45) is 6.45. The van der Waals surface area contributed by atoms with Crippen LogP contribution in [0.5, 0.6) is 0 Å². The minimum Gasteiger partial charge on any atom is -0.462 e. The van der Waals surface area contributed by atoms with Crippen molar-refractivity contribution in [3.63, 3.8) is 0 Å². The van der Waals surface area contributed by atoms with E-state index in [9.17, 15) is 33.6 Å². The Labute approximate surface area is 404 Å². The van der Waals surface area contributed by atoms with Gasteiger partial charge < -0.3 is 41.5 Å². The first-order valence-electron chi connectivity index (χ1n) is 22.5. The third-order valence-electron chi connectivity index (χ3n) is 11.4. The third kappa shape index (κ3) is 17.3. The number of aryl methyl sites for hydroxylation is 1. The summed E-state index contributed by atoms with van der Waals surface area (Å²) >= 11 is 1.38. The van der Waals surface area contributed by atoms with E-state index in [1.807, 2.05) is 61.5 Å². The third-order valence-corrected chi connectivity index (χ3v) is 14.6. The van der Waals surface area contributed by atoms with Crippen LogP contribution in [-0.2, 0) is 56.8 Å². The first kappa shape index (κ1) is 52.5. The Morgan fingerprint density at radius 3 is 2.22 bits per heavy atom. The zero-order valence-corrected chi connectivity index (χ0v) is 40.7. The van der Waals surface area contributed by atoms with Crippen molar-refractivity contribution in [3.8, 4) is 0 Å². The smallest absolute Gasteiger partial charge is 0.377 e. The lowest BCUT2D eigenvalue weighted by Crippen LogP contribution is -2.63. The molecule has 4 aromatic rings. The monoisotopic (exact) mass is 974 g/mol. The van der Waals surface area contributed by atoms with Crippen molar-refractivity contribution in [1.82, 2.24) is 26.3 Å². The first-order valence-corrected chi connectivity index (χ1v) is 26.0. The standard InChI is InChI=1S/C49H62N6O9S3/c1-32-21-23-34(24-22-32)30-65-31-41(46(60)53-40(27-43(57)64-36-16-8-5-9-17-36)45(59)52-39(44(50)58)26-33-14-6-4-7-15-33)54-47(61)49(2,28-35-29-51-38-19-11-10-18-37(35)38)55-42(56)20-12-13-25-66-67-48(62)63-3/h4,6-7,10-11,14-15,18-19,21-24,29,36,39-41,51H,5,8-9,12-13,16-17,20,25-28,30-31H2,1-3H3,(H2,50,58)(H,52,59)(H,53,60)(H,54,61)(H,55,56)/t39-,40-,41-,49+/m0/s1. The molecule has 1 heterocycles. The molecule has 1 aliphatic rings. The summed E-state index contributed by atoms with van der Waals surface area (Å²) in [7, 11) is 3.62. The van der Waals surface area contributed by atoms with Crippen molar-refractivity contribution in [3.05, 3.63) is 107 Å². The minimum atomic E-state index is -1.58. The number of methoxy groups -OCH3 is 1. The quantitative estimate of drug-likeness (QED) is 0.0235. The topological polar surface area (TPSA) is 228 Å². The molecule has 1 aliphatic carbocycles. The number of rotatable bonds is 25. The fraction of sp³-hybridized carbons (Fsp3) is 0.449. The van der Waals surface area contributed by atoms with E-state index >= 15 is 0 Å². The fourth-order valence-corrected chi connectivity index (χ4v) is 10.4. The highest BCUT2D eigenvalue weighted by Gasteiger charge is 2.39. The number of H-pyrrole nitrogens is 1. The molecule has 18 heteroatoms. The van der Waals surface area contributed by atoms with Crippen molar-refractivity contribution in [2.24, 2.45) is 5.73 Å². The molecule has 5 amide bonds. The number of hydrogen-bond acceptors (Lipinski definition) is 12. The van der Waals surface area contributed by atoms with E-state index < -0.39 is 65.0 Å². The number of nitrogens with two attached hydrogens (primary N) is 1. The van der Waals surface area contributed by atoms with Gasteiger partial charge >= 0.3 is 11.3 Å². The lowest BCUT2D eigenvalue weighted by atomic mass is 9.90. The molecule has 0 aliphatic heterocycles. The molecule has 0 unspecified atom stereocenters. The van der Waals surface area contributed by atoms with Gasteiger partial charge in [0, 0.05) is 64.4 Å². The van der Waals surface area contributed by atoms with Crippen molar-refractivity contribution >= 4 is 85.1 Å². The molecule has 4 atom stereocenters. The maximum atomic E-state index is 14.8. The number of esters is 1. The maximum Gasteiger partial charge on any atom is 0.377 e. The van der Waals surface area contributed by atoms with Crippen molar-refractivity contribution < 1.29 is 43.0 Å². The number of aromatic amines is 1. The van der Waals surface area contributed by atoms with Crippen LogP contribution >= 0.6 is 33.3 Å². The number of ether oxygens (including phenoxy) is 2. The van der Waals surface area contributed by atoms with Crippen LogP contribution in [0.4, 0.5) is 4.79 Å². The molecular weight excluding hydrogens is 913 g/mol. The molecule has 67 heavy (non-hydrogen) atoms. The van der Waals surface area contributed by atoms with Crippen LogP contribution in [0.15, 0.2) is 85.1 Å². The van der Waals surface area contributed by atoms with Gasteiger partial charge in [0.2, 0.25) is 29.5 Å². The average molecular weight is 975 g/mol. The summed E-state index contributed by atoms with van der Waals surface area (Å²) in [5, 5.41) is 11.7. The van der Waals surface area contributed by atoms with Gasteiger partial charge in [-0.1, -0.05) is 95.6 Å². The van der Waals surface area contributed by atoms with E-state index in [1.54, 1.807) is 37.4 Å². The normalized spacial score (nSPS) is 15.0. The highest BCUT2D eigenvalue weighted by Crippen LogP contribution is 2.26. The first-order chi connectivity index (χ1) is 32.2. The molecule has 0 spiro atoms. The van der Waals surface area contributed by atoms with Crippen molar-refractivity contribution in [2.75, 3.05) is 18.6 Å². The van der Waals surface area contributed by atoms with E-state index in [-0.39, 0.29) is 37.0 Å². The van der Waals surface area contributed by atoms with Gasteiger partial charge in [0.1, 0.15) is 29.8 Å². The second kappa shape index (κ2) is 26.8. The highest BCUT2D eigenvalue weighted by molar-refractivity contribution is 8.82. The van der Waals surface area contributed by atoms with E-state index in [2.05, 4.69) is 31.0 Å². The lowest BCUT2D eigenvalue weighted by Gasteiger charge is -2.32. The predicted molar refractivity (Wildman–Crippen MR) is 265 cm³/mol. The highest BCUT2D eigenvalue weighted by atomic mass is 33.1. The summed E-state index contributed by atoms with van der Waals surface area (Å²) in [6.45, 7) is 3.59. The van der Waals surface area contributed by atoms with Crippen LogP contribution in [0.2, 0.25) is 0 Å². The number of hydrogen-bond donors (Lipinski definition) is 6. The Kier molecular flexibility index (Phi) is 21.0. The number of amides is 5. The van der Waals surface area contributed by atoms with Crippen LogP contribution in [-0.4, -0.2) is 94.2 Å². The Balaban J connectivity index is 1.39. The summed E-state index contributed by atoms with van der Waals surface area (Å²) in [5.41, 5.74) is 8.57. The molecule has 0 bridgehead atoms. The second-order valence-electron chi connectivity index (χ2n) is 16.9. The van der Waals surface area contributed by atoms with E-state index in [1.165, 1.54) is 29.7 Å². The van der Waals surface area contributed by atoms with E-state index in [0.29, 0.717) is 37.2 Å². The van der Waals surface area contributed by atoms with Crippen molar-refractivity contribution in [2.45, 2.75) is 120 Å². The molecular formula is C49H62N6O9S3. The Hall–Kier alpha value is -5.46. The summed E-state index contributed by atoms with van der Waals surface area (Å²) in [4.78, 5) is 98.0. The number of nitrogens with one attached hydrogen (secondary N) is 5. The van der Waals surface area contributed by atoms with Gasteiger partial charge in [-0.05, 0) is 75.1 Å². The summed E-state index contributed by atoms with van der Waals surface area (Å²) in [6, 6.07) is 20.5. The van der Waals surface area contributed by atoms with Crippen LogP contribution in [0.25, 0.3) is 10.9 Å². The van der Waals surface area contributed by atoms with Gasteiger partial charge in [0.25, 0.3) is 0 Å². The Morgan fingerprint density at radius 1 is 0.821 bits per heavy atom. The minimum absolute atomic E-state index is 0.0442. The van der Waals surface area contributed by atoms with Gasteiger partial charge in [0.05, 0.1) is 13.5 Å². The van der Waals surface area contributed by atoms with Gasteiger partial charge in [-0.2, -0.15) is 11.8 Å². The van der Waals surface area contributed by atoms with E-state index in [4.69, 9.17) is 10.5 Å². The number of para-hydroxylation sites is 1.